The summed E-state index contributed by atoms with van der Waals surface area (Å²) < 4.78 is 5.05. The van der Waals surface area contributed by atoms with Gasteiger partial charge in [-0.1, -0.05) is 0 Å². The monoisotopic (exact) mass is 270 g/mol. The lowest BCUT2D eigenvalue weighted by molar-refractivity contribution is -0.138. The number of amides is 2. The first-order chi connectivity index (χ1) is 9.11. The lowest BCUT2D eigenvalue weighted by Gasteiger charge is -2.28. The SMILES string of the molecule is COCCN(C(=O)N1CCC(CC(=O)O)C1)C1CC1. The van der Waals surface area contributed by atoms with Crippen LogP contribution in [-0.4, -0.2) is 66.3 Å². The first kappa shape index (κ1) is 14.1. The number of urea groups is 1. The van der Waals surface area contributed by atoms with E-state index in [1.165, 1.54) is 0 Å². The van der Waals surface area contributed by atoms with Gasteiger partial charge in [-0.15, -0.1) is 0 Å². The van der Waals surface area contributed by atoms with Crippen LogP contribution in [0.1, 0.15) is 25.7 Å². The van der Waals surface area contributed by atoms with Crippen molar-refractivity contribution in [3.8, 4) is 0 Å². The van der Waals surface area contributed by atoms with Crippen molar-refractivity contribution in [2.75, 3.05) is 33.4 Å². The fourth-order valence-electron chi connectivity index (χ4n) is 2.61. The van der Waals surface area contributed by atoms with Gasteiger partial charge in [-0.3, -0.25) is 4.79 Å². The predicted molar refractivity (Wildman–Crippen MR) is 68.9 cm³/mol. The lowest BCUT2D eigenvalue weighted by Crippen LogP contribution is -2.44. The Morgan fingerprint density at radius 2 is 2.11 bits per heavy atom. The fraction of sp³-hybridized carbons (Fsp3) is 0.846. The van der Waals surface area contributed by atoms with Crippen LogP contribution in [0.4, 0.5) is 4.79 Å². The summed E-state index contributed by atoms with van der Waals surface area (Å²) in [5.74, 6) is -0.678. The molecule has 1 unspecified atom stereocenters. The van der Waals surface area contributed by atoms with Crippen LogP contribution in [0.2, 0.25) is 0 Å². The van der Waals surface area contributed by atoms with Crippen molar-refractivity contribution >= 4 is 12.0 Å². The van der Waals surface area contributed by atoms with Crippen LogP contribution in [0.5, 0.6) is 0 Å². The van der Waals surface area contributed by atoms with Crippen LogP contribution < -0.4 is 0 Å². The molecule has 2 rings (SSSR count). The summed E-state index contributed by atoms with van der Waals surface area (Å²) in [6.07, 6.45) is 3.09. The number of ether oxygens (including phenoxy) is 1. The molecule has 19 heavy (non-hydrogen) atoms. The first-order valence-electron chi connectivity index (χ1n) is 6.88. The van der Waals surface area contributed by atoms with Crippen molar-refractivity contribution in [3.63, 3.8) is 0 Å². The molecule has 2 aliphatic rings. The van der Waals surface area contributed by atoms with Crippen LogP contribution >= 0.6 is 0 Å². The van der Waals surface area contributed by atoms with Crippen LogP contribution in [0.25, 0.3) is 0 Å². The molecule has 0 aromatic carbocycles. The predicted octanol–water partition coefficient (Wildman–Crippen LogP) is 1.01. The largest absolute Gasteiger partial charge is 0.481 e. The number of carboxylic acid groups (broad SMARTS) is 1. The molecule has 1 N–H and O–H groups in total. The van der Waals surface area contributed by atoms with Gasteiger partial charge in [0, 0.05) is 39.2 Å². The van der Waals surface area contributed by atoms with E-state index in [0.717, 1.165) is 19.3 Å². The smallest absolute Gasteiger partial charge is 0.320 e. The number of aliphatic carboxylic acids is 1. The topological polar surface area (TPSA) is 70.1 Å². The maximum Gasteiger partial charge on any atom is 0.320 e. The van der Waals surface area contributed by atoms with E-state index >= 15 is 0 Å². The van der Waals surface area contributed by atoms with Crippen molar-refractivity contribution < 1.29 is 19.4 Å². The Balaban J connectivity index is 1.86. The molecule has 1 heterocycles. The number of rotatable bonds is 6. The van der Waals surface area contributed by atoms with Gasteiger partial charge in [0.25, 0.3) is 0 Å². The highest BCUT2D eigenvalue weighted by Crippen LogP contribution is 2.29. The fourth-order valence-corrected chi connectivity index (χ4v) is 2.61. The normalized spacial score (nSPS) is 22.6. The number of nitrogens with zero attached hydrogens (tertiary/aromatic N) is 2. The van der Waals surface area contributed by atoms with Crippen molar-refractivity contribution in [1.82, 2.24) is 9.80 Å². The Kier molecular flexibility index (Phi) is 4.63. The maximum absolute atomic E-state index is 12.4. The first-order valence-corrected chi connectivity index (χ1v) is 6.88. The van der Waals surface area contributed by atoms with Gasteiger partial charge < -0.3 is 19.6 Å². The number of hydrogen-bond acceptors (Lipinski definition) is 3. The molecule has 0 spiro atoms. The highest BCUT2D eigenvalue weighted by Gasteiger charge is 2.37. The molecule has 6 heteroatoms. The van der Waals surface area contributed by atoms with E-state index in [-0.39, 0.29) is 18.4 Å². The molecule has 0 bridgehead atoms. The summed E-state index contributed by atoms with van der Waals surface area (Å²) in [4.78, 5) is 26.8. The van der Waals surface area contributed by atoms with E-state index in [4.69, 9.17) is 9.84 Å². The van der Waals surface area contributed by atoms with Crippen LogP contribution in [0.15, 0.2) is 0 Å². The molecule has 1 aliphatic carbocycles. The Morgan fingerprint density at radius 1 is 1.37 bits per heavy atom. The van der Waals surface area contributed by atoms with Gasteiger partial charge >= 0.3 is 12.0 Å². The van der Waals surface area contributed by atoms with Gasteiger partial charge in [0.15, 0.2) is 0 Å². The van der Waals surface area contributed by atoms with Gasteiger partial charge in [-0.2, -0.15) is 0 Å². The van der Waals surface area contributed by atoms with Crippen molar-refractivity contribution in [2.24, 2.45) is 5.92 Å². The molecular weight excluding hydrogens is 248 g/mol. The molecule has 6 nitrogen and oxygen atoms in total. The average molecular weight is 270 g/mol. The number of hydrogen-bond donors (Lipinski definition) is 1. The zero-order valence-electron chi connectivity index (χ0n) is 11.4. The van der Waals surface area contributed by atoms with Crippen molar-refractivity contribution in [1.29, 1.82) is 0 Å². The third kappa shape index (κ3) is 3.83. The standard InChI is InChI=1S/C13H22N2O4/c1-19-7-6-15(11-2-3-11)13(18)14-5-4-10(9-14)8-12(16)17/h10-11H,2-9H2,1H3,(H,16,17). The minimum Gasteiger partial charge on any atom is -0.481 e. The van der Waals surface area contributed by atoms with Gasteiger partial charge in [0.1, 0.15) is 0 Å². The third-order valence-electron chi connectivity index (χ3n) is 3.79. The van der Waals surface area contributed by atoms with E-state index in [1.807, 2.05) is 4.90 Å². The zero-order chi connectivity index (χ0) is 13.8. The summed E-state index contributed by atoms with van der Waals surface area (Å²) in [5, 5.41) is 8.79. The summed E-state index contributed by atoms with van der Waals surface area (Å²) in [7, 11) is 1.63. The molecule has 0 aromatic heterocycles. The molecule has 0 radical (unpaired) electrons. The maximum atomic E-state index is 12.4. The van der Waals surface area contributed by atoms with E-state index in [0.29, 0.717) is 32.3 Å². The zero-order valence-corrected chi connectivity index (χ0v) is 11.4. The molecule has 1 saturated heterocycles. The Bertz CT molecular complexity index is 344. The second kappa shape index (κ2) is 6.23. The molecule has 1 saturated carbocycles. The van der Waals surface area contributed by atoms with Gasteiger partial charge in [0.05, 0.1) is 6.61 Å². The van der Waals surface area contributed by atoms with Gasteiger partial charge in [-0.05, 0) is 25.2 Å². The summed E-state index contributed by atoms with van der Waals surface area (Å²) >= 11 is 0. The van der Waals surface area contributed by atoms with E-state index < -0.39 is 5.97 Å². The quantitative estimate of drug-likeness (QED) is 0.782. The van der Waals surface area contributed by atoms with E-state index in [1.54, 1.807) is 12.0 Å². The molecule has 2 amide bonds. The highest BCUT2D eigenvalue weighted by atomic mass is 16.5. The van der Waals surface area contributed by atoms with Crippen LogP contribution in [0.3, 0.4) is 0 Å². The average Bonchev–Trinajstić information content (AvgIpc) is 3.09. The van der Waals surface area contributed by atoms with Crippen molar-refractivity contribution in [3.05, 3.63) is 0 Å². The minimum atomic E-state index is -0.780. The highest BCUT2D eigenvalue weighted by molar-refractivity contribution is 5.75. The third-order valence-corrected chi connectivity index (χ3v) is 3.79. The number of carboxylic acids is 1. The number of likely N-dealkylation sites (tertiary alicyclic amines) is 1. The van der Waals surface area contributed by atoms with E-state index in [2.05, 4.69) is 0 Å². The van der Waals surface area contributed by atoms with Gasteiger partial charge in [-0.25, -0.2) is 4.79 Å². The molecule has 1 atom stereocenters. The second-order valence-corrected chi connectivity index (χ2v) is 5.40. The van der Waals surface area contributed by atoms with Crippen LogP contribution in [0, 0.1) is 5.92 Å². The molecule has 2 fully saturated rings. The Labute approximate surface area is 113 Å². The number of carbonyl (C=O) groups is 2. The Hall–Kier alpha value is -1.30. The molecule has 1 aliphatic heterocycles. The second-order valence-electron chi connectivity index (χ2n) is 5.40. The van der Waals surface area contributed by atoms with E-state index in [9.17, 15) is 9.59 Å². The lowest BCUT2D eigenvalue weighted by atomic mass is 10.1. The molecule has 0 aromatic rings. The van der Waals surface area contributed by atoms with Crippen molar-refractivity contribution in [2.45, 2.75) is 31.7 Å². The summed E-state index contributed by atoms with van der Waals surface area (Å²) in [6.45, 7) is 2.42. The van der Waals surface area contributed by atoms with Gasteiger partial charge in [0.2, 0.25) is 0 Å². The van der Waals surface area contributed by atoms with Crippen LogP contribution in [-0.2, 0) is 9.53 Å². The summed E-state index contributed by atoms with van der Waals surface area (Å²) in [5.41, 5.74) is 0. The number of carbonyl (C=O) groups excluding carboxylic acids is 1. The summed E-state index contributed by atoms with van der Waals surface area (Å²) in [6, 6.07) is 0.411. The number of methoxy groups -OCH3 is 1. The molecule has 108 valence electrons. The molecular formula is C13H22N2O4. The Morgan fingerprint density at radius 3 is 2.68 bits per heavy atom. The minimum absolute atomic E-state index is 0.0486.